The standard InChI is InChI=1S/C15H20N2O/c16-15-8-2-1-5-13(15)6-3-10-17-11-9-14-7-4-12-18-14/h1-2,4-5,7-8,12,17H,3,6,9-11,16H2. The van der Waals surface area contributed by atoms with Crippen molar-refractivity contribution in [1.82, 2.24) is 5.32 Å². The van der Waals surface area contributed by atoms with Gasteiger partial charge in [0.1, 0.15) is 5.76 Å². The Kier molecular flexibility index (Phi) is 4.85. The molecule has 0 unspecified atom stereocenters. The van der Waals surface area contributed by atoms with E-state index >= 15 is 0 Å². The number of furan rings is 1. The summed E-state index contributed by atoms with van der Waals surface area (Å²) in [5.41, 5.74) is 8.03. The molecule has 18 heavy (non-hydrogen) atoms. The average molecular weight is 244 g/mol. The van der Waals surface area contributed by atoms with Crippen LogP contribution in [0.4, 0.5) is 5.69 Å². The van der Waals surface area contributed by atoms with Crippen LogP contribution in [0.25, 0.3) is 0 Å². The number of hydrogen-bond acceptors (Lipinski definition) is 3. The van der Waals surface area contributed by atoms with Crippen LogP contribution in [0.2, 0.25) is 0 Å². The highest BCUT2D eigenvalue weighted by molar-refractivity contribution is 5.46. The fraction of sp³-hybridized carbons (Fsp3) is 0.333. The SMILES string of the molecule is Nc1ccccc1CCCNCCc1ccco1. The van der Waals surface area contributed by atoms with Crippen LogP contribution in [0, 0.1) is 0 Å². The first-order valence-electron chi connectivity index (χ1n) is 6.43. The van der Waals surface area contributed by atoms with Gasteiger partial charge in [-0.05, 0) is 43.1 Å². The smallest absolute Gasteiger partial charge is 0.105 e. The molecule has 0 aliphatic carbocycles. The molecule has 1 aromatic heterocycles. The van der Waals surface area contributed by atoms with E-state index in [2.05, 4.69) is 11.4 Å². The molecule has 2 rings (SSSR count). The van der Waals surface area contributed by atoms with E-state index in [1.54, 1.807) is 6.26 Å². The van der Waals surface area contributed by atoms with Crippen molar-refractivity contribution in [2.75, 3.05) is 18.8 Å². The first kappa shape index (κ1) is 12.7. The maximum atomic E-state index is 5.89. The lowest BCUT2D eigenvalue weighted by Gasteiger charge is -2.06. The topological polar surface area (TPSA) is 51.2 Å². The molecule has 0 aliphatic heterocycles. The lowest BCUT2D eigenvalue weighted by Crippen LogP contribution is -2.18. The zero-order chi connectivity index (χ0) is 12.6. The highest BCUT2D eigenvalue weighted by Crippen LogP contribution is 2.12. The molecule has 0 saturated heterocycles. The van der Waals surface area contributed by atoms with E-state index in [-0.39, 0.29) is 0 Å². The molecule has 1 heterocycles. The second-order valence-electron chi connectivity index (χ2n) is 4.38. The molecule has 0 aliphatic rings. The summed E-state index contributed by atoms with van der Waals surface area (Å²) in [4.78, 5) is 0. The molecule has 0 atom stereocenters. The number of rotatable bonds is 7. The van der Waals surface area contributed by atoms with E-state index in [1.807, 2.05) is 30.3 Å². The highest BCUT2D eigenvalue weighted by Gasteiger charge is 1.98. The Morgan fingerprint density at radius 1 is 1.00 bits per heavy atom. The van der Waals surface area contributed by atoms with Gasteiger partial charge in [0.15, 0.2) is 0 Å². The summed E-state index contributed by atoms with van der Waals surface area (Å²) in [5, 5.41) is 3.41. The van der Waals surface area contributed by atoms with Crippen LogP contribution in [0.3, 0.4) is 0 Å². The third-order valence-electron chi connectivity index (χ3n) is 2.98. The molecule has 3 N–H and O–H groups in total. The molecule has 3 heteroatoms. The molecule has 0 bridgehead atoms. The Morgan fingerprint density at radius 3 is 2.67 bits per heavy atom. The predicted octanol–water partition coefficient (Wildman–Crippen LogP) is 2.63. The normalized spacial score (nSPS) is 10.7. The molecule has 0 spiro atoms. The van der Waals surface area contributed by atoms with Gasteiger partial charge in [-0.15, -0.1) is 0 Å². The van der Waals surface area contributed by atoms with Gasteiger partial charge in [-0.25, -0.2) is 0 Å². The molecule has 0 amide bonds. The van der Waals surface area contributed by atoms with Gasteiger partial charge >= 0.3 is 0 Å². The summed E-state index contributed by atoms with van der Waals surface area (Å²) in [7, 11) is 0. The van der Waals surface area contributed by atoms with E-state index in [9.17, 15) is 0 Å². The van der Waals surface area contributed by atoms with E-state index in [0.717, 1.165) is 43.8 Å². The second kappa shape index (κ2) is 6.87. The van der Waals surface area contributed by atoms with E-state index in [0.29, 0.717) is 0 Å². The van der Waals surface area contributed by atoms with Gasteiger partial charge in [-0.3, -0.25) is 0 Å². The van der Waals surface area contributed by atoms with Crippen molar-refractivity contribution in [1.29, 1.82) is 0 Å². The van der Waals surface area contributed by atoms with Crippen molar-refractivity contribution in [3.63, 3.8) is 0 Å². The van der Waals surface area contributed by atoms with Gasteiger partial charge < -0.3 is 15.5 Å². The summed E-state index contributed by atoms with van der Waals surface area (Å²) in [5.74, 6) is 1.04. The van der Waals surface area contributed by atoms with Crippen molar-refractivity contribution in [2.45, 2.75) is 19.3 Å². The number of nitrogens with one attached hydrogen (secondary N) is 1. The van der Waals surface area contributed by atoms with E-state index in [1.165, 1.54) is 5.56 Å². The molecule has 2 aromatic rings. The third kappa shape index (κ3) is 3.93. The summed E-state index contributed by atoms with van der Waals surface area (Å²) in [6, 6.07) is 12.0. The molecule has 1 aromatic carbocycles. The number of aryl methyl sites for hydroxylation is 1. The Balaban J connectivity index is 1.58. The number of benzene rings is 1. The maximum absolute atomic E-state index is 5.89. The number of nitrogen functional groups attached to an aromatic ring is 1. The molecule has 96 valence electrons. The summed E-state index contributed by atoms with van der Waals surface area (Å²) < 4.78 is 5.27. The van der Waals surface area contributed by atoms with Crippen LogP contribution in [0.5, 0.6) is 0 Å². The zero-order valence-electron chi connectivity index (χ0n) is 10.6. The number of para-hydroxylation sites is 1. The van der Waals surface area contributed by atoms with Crippen molar-refractivity contribution in [2.24, 2.45) is 0 Å². The first-order chi connectivity index (χ1) is 8.86. The van der Waals surface area contributed by atoms with Crippen LogP contribution < -0.4 is 11.1 Å². The molecular weight excluding hydrogens is 224 g/mol. The minimum absolute atomic E-state index is 0.896. The van der Waals surface area contributed by atoms with Gasteiger partial charge in [0.2, 0.25) is 0 Å². The first-order valence-corrected chi connectivity index (χ1v) is 6.43. The van der Waals surface area contributed by atoms with Gasteiger partial charge in [0.05, 0.1) is 6.26 Å². The summed E-state index contributed by atoms with van der Waals surface area (Å²) in [6.07, 6.45) is 4.79. The van der Waals surface area contributed by atoms with Crippen LogP contribution in [0.15, 0.2) is 47.1 Å². The van der Waals surface area contributed by atoms with Crippen molar-refractivity contribution in [3.05, 3.63) is 54.0 Å². The number of anilines is 1. The van der Waals surface area contributed by atoms with Gasteiger partial charge in [-0.2, -0.15) is 0 Å². The largest absolute Gasteiger partial charge is 0.469 e. The molecule has 0 saturated carbocycles. The van der Waals surface area contributed by atoms with Gasteiger partial charge in [0, 0.05) is 18.7 Å². The lowest BCUT2D eigenvalue weighted by atomic mass is 10.1. The summed E-state index contributed by atoms with van der Waals surface area (Å²) >= 11 is 0. The Morgan fingerprint density at radius 2 is 1.89 bits per heavy atom. The lowest BCUT2D eigenvalue weighted by molar-refractivity contribution is 0.498. The maximum Gasteiger partial charge on any atom is 0.105 e. The zero-order valence-corrected chi connectivity index (χ0v) is 10.6. The van der Waals surface area contributed by atoms with Gasteiger partial charge in [0.25, 0.3) is 0 Å². The fourth-order valence-electron chi connectivity index (χ4n) is 1.96. The van der Waals surface area contributed by atoms with Crippen molar-refractivity contribution >= 4 is 5.69 Å². The third-order valence-corrected chi connectivity index (χ3v) is 2.98. The van der Waals surface area contributed by atoms with Crippen LogP contribution in [0.1, 0.15) is 17.7 Å². The van der Waals surface area contributed by atoms with Crippen LogP contribution in [-0.4, -0.2) is 13.1 Å². The van der Waals surface area contributed by atoms with Crippen molar-refractivity contribution in [3.8, 4) is 0 Å². The van der Waals surface area contributed by atoms with Crippen LogP contribution in [-0.2, 0) is 12.8 Å². The molecule has 3 nitrogen and oxygen atoms in total. The van der Waals surface area contributed by atoms with E-state index in [4.69, 9.17) is 10.2 Å². The molecular formula is C15H20N2O. The Hall–Kier alpha value is -1.74. The fourth-order valence-corrected chi connectivity index (χ4v) is 1.96. The number of hydrogen-bond donors (Lipinski definition) is 2. The van der Waals surface area contributed by atoms with Crippen molar-refractivity contribution < 1.29 is 4.42 Å². The highest BCUT2D eigenvalue weighted by atomic mass is 16.3. The average Bonchev–Trinajstić information content (AvgIpc) is 2.89. The summed E-state index contributed by atoms with van der Waals surface area (Å²) in [6.45, 7) is 1.97. The molecule has 0 fully saturated rings. The number of nitrogens with two attached hydrogens (primary N) is 1. The van der Waals surface area contributed by atoms with Gasteiger partial charge in [-0.1, -0.05) is 18.2 Å². The van der Waals surface area contributed by atoms with E-state index < -0.39 is 0 Å². The Bertz CT molecular complexity index is 451. The van der Waals surface area contributed by atoms with Crippen LogP contribution >= 0.6 is 0 Å². The minimum Gasteiger partial charge on any atom is -0.469 e. The molecule has 0 radical (unpaired) electrons. The Labute approximate surface area is 108 Å². The quantitative estimate of drug-likeness (QED) is 0.581. The second-order valence-corrected chi connectivity index (χ2v) is 4.38. The monoisotopic (exact) mass is 244 g/mol. The predicted molar refractivity (Wildman–Crippen MR) is 74.5 cm³/mol. The minimum atomic E-state index is 0.896.